The van der Waals surface area contributed by atoms with Gasteiger partial charge in [0.1, 0.15) is 5.75 Å². The van der Waals surface area contributed by atoms with Crippen LogP contribution in [0.15, 0.2) is 29.3 Å². The van der Waals surface area contributed by atoms with Crippen molar-refractivity contribution < 1.29 is 9.53 Å². The Balaban J connectivity index is 1.72. The van der Waals surface area contributed by atoms with E-state index in [2.05, 4.69) is 20.9 Å². The Labute approximate surface area is 163 Å². The van der Waals surface area contributed by atoms with Crippen LogP contribution in [-0.2, 0) is 11.3 Å². The van der Waals surface area contributed by atoms with Gasteiger partial charge >= 0.3 is 0 Å². The molecule has 2 rings (SSSR count). The fourth-order valence-corrected chi connectivity index (χ4v) is 3.45. The lowest BCUT2D eigenvalue weighted by Crippen LogP contribution is -2.41. The van der Waals surface area contributed by atoms with Gasteiger partial charge in [0.25, 0.3) is 0 Å². The highest BCUT2D eigenvalue weighted by atomic mass is 16.5. The highest BCUT2D eigenvalue weighted by Gasteiger charge is 2.16. The third kappa shape index (κ3) is 7.89. The van der Waals surface area contributed by atoms with Crippen LogP contribution in [0.1, 0.15) is 51.0 Å². The third-order valence-corrected chi connectivity index (χ3v) is 4.88. The number of benzene rings is 1. The summed E-state index contributed by atoms with van der Waals surface area (Å²) >= 11 is 0. The largest absolute Gasteiger partial charge is 0.496 e. The van der Waals surface area contributed by atoms with Gasteiger partial charge in [-0.3, -0.25) is 4.79 Å². The lowest BCUT2D eigenvalue weighted by Gasteiger charge is -2.20. The van der Waals surface area contributed by atoms with E-state index in [1.165, 1.54) is 32.1 Å². The first kappa shape index (κ1) is 21.1. The zero-order chi connectivity index (χ0) is 19.3. The van der Waals surface area contributed by atoms with E-state index in [9.17, 15) is 4.79 Å². The summed E-state index contributed by atoms with van der Waals surface area (Å²) in [4.78, 5) is 16.7. The van der Waals surface area contributed by atoms with Crippen LogP contribution < -0.4 is 20.7 Å². The van der Waals surface area contributed by atoms with E-state index in [1.54, 1.807) is 7.11 Å². The molecule has 1 aromatic carbocycles. The molecular formula is C21H34N4O2. The quantitative estimate of drug-likeness (QED) is 0.353. The predicted octanol–water partition coefficient (Wildman–Crippen LogP) is 2.84. The SMILES string of the molecule is CCNC(=NCc1ccccc1OC)NCCNC(=O)CC1CCCCC1. The van der Waals surface area contributed by atoms with Crippen molar-refractivity contribution in [1.29, 1.82) is 0 Å². The first-order valence-electron chi connectivity index (χ1n) is 10.1. The zero-order valence-corrected chi connectivity index (χ0v) is 16.7. The van der Waals surface area contributed by atoms with Gasteiger partial charge in [0.15, 0.2) is 5.96 Å². The van der Waals surface area contributed by atoms with Gasteiger partial charge in [-0.05, 0) is 31.7 Å². The second-order valence-electron chi connectivity index (χ2n) is 6.99. The predicted molar refractivity (Wildman–Crippen MR) is 110 cm³/mol. The van der Waals surface area contributed by atoms with Crippen LogP contribution in [-0.4, -0.2) is 38.6 Å². The van der Waals surface area contributed by atoms with Crippen molar-refractivity contribution in [3.8, 4) is 5.75 Å². The van der Waals surface area contributed by atoms with Gasteiger partial charge < -0.3 is 20.7 Å². The van der Waals surface area contributed by atoms with E-state index < -0.39 is 0 Å². The molecule has 0 aromatic heterocycles. The average molecular weight is 375 g/mol. The van der Waals surface area contributed by atoms with E-state index in [4.69, 9.17) is 4.74 Å². The molecule has 1 aromatic rings. The molecule has 1 aliphatic rings. The summed E-state index contributed by atoms with van der Waals surface area (Å²) in [5.41, 5.74) is 1.04. The second kappa shape index (κ2) is 12.2. The van der Waals surface area contributed by atoms with Crippen LogP contribution in [0.2, 0.25) is 0 Å². The molecule has 1 saturated carbocycles. The summed E-state index contributed by atoms with van der Waals surface area (Å²) in [6.07, 6.45) is 6.94. The molecule has 0 heterocycles. The van der Waals surface area contributed by atoms with Crippen molar-refractivity contribution >= 4 is 11.9 Å². The lowest BCUT2D eigenvalue weighted by atomic mass is 9.87. The standard InChI is InChI=1S/C21H34N4O2/c1-3-22-21(25-16-18-11-7-8-12-19(18)27-2)24-14-13-23-20(26)15-17-9-5-4-6-10-17/h7-8,11-12,17H,3-6,9-10,13-16H2,1-2H3,(H,23,26)(H2,22,24,25). The summed E-state index contributed by atoms with van der Waals surface area (Å²) in [5.74, 6) is 2.32. The first-order valence-corrected chi connectivity index (χ1v) is 10.1. The Morgan fingerprint density at radius 1 is 1.11 bits per heavy atom. The summed E-state index contributed by atoms with van der Waals surface area (Å²) in [7, 11) is 1.67. The summed E-state index contributed by atoms with van der Waals surface area (Å²) in [6.45, 7) is 4.60. The number of rotatable bonds is 9. The number of aliphatic imine (C=N–C) groups is 1. The Morgan fingerprint density at radius 2 is 1.85 bits per heavy atom. The van der Waals surface area contributed by atoms with Gasteiger partial charge in [-0.1, -0.05) is 37.5 Å². The molecule has 0 unspecified atom stereocenters. The summed E-state index contributed by atoms with van der Waals surface area (Å²) < 4.78 is 5.37. The molecular weight excluding hydrogens is 340 g/mol. The minimum atomic E-state index is 0.166. The zero-order valence-electron chi connectivity index (χ0n) is 16.7. The molecule has 27 heavy (non-hydrogen) atoms. The highest BCUT2D eigenvalue weighted by Crippen LogP contribution is 2.25. The number of para-hydroxylation sites is 1. The number of carbonyl (C=O) groups excluding carboxylic acids is 1. The average Bonchev–Trinajstić information content (AvgIpc) is 2.70. The number of carbonyl (C=O) groups is 1. The molecule has 0 saturated heterocycles. The molecule has 6 heteroatoms. The lowest BCUT2D eigenvalue weighted by molar-refractivity contribution is -0.122. The Morgan fingerprint density at radius 3 is 2.59 bits per heavy atom. The van der Waals surface area contributed by atoms with Crippen LogP contribution in [0.5, 0.6) is 5.75 Å². The van der Waals surface area contributed by atoms with E-state index in [0.717, 1.165) is 23.8 Å². The van der Waals surface area contributed by atoms with Gasteiger partial charge in [0, 0.05) is 31.6 Å². The monoisotopic (exact) mass is 374 g/mol. The smallest absolute Gasteiger partial charge is 0.220 e. The van der Waals surface area contributed by atoms with E-state index in [0.29, 0.717) is 32.0 Å². The van der Waals surface area contributed by atoms with Gasteiger partial charge in [0.05, 0.1) is 13.7 Å². The molecule has 1 amide bonds. The molecule has 0 radical (unpaired) electrons. The maximum absolute atomic E-state index is 12.1. The molecule has 0 bridgehead atoms. The first-order chi connectivity index (χ1) is 13.2. The van der Waals surface area contributed by atoms with Crippen molar-refractivity contribution in [2.24, 2.45) is 10.9 Å². The van der Waals surface area contributed by atoms with Crippen LogP contribution in [0.3, 0.4) is 0 Å². The Bertz CT molecular complexity index is 598. The van der Waals surface area contributed by atoms with Crippen LogP contribution >= 0.6 is 0 Å². The number of hydrogen-bond donors (Lipinski definition) is 3. The van der Waals surface area contributed by atoms with E-state index in [1.807, 2.05) is 31.2 Å². The number of nitrogens with one attached hydrogen (secondary N) is 3. The van der Waals surface area contributed by atoms with Crippen molar-refractivity contribution in [1.82, 2.24) is 16.0 Å². The highest BCUT2D eigenvalue weighted by molar-refractivity contribution is 5.80. The molecule has 1 fully saturated rings. The van der Waals surface area contributed by atoms with Crippen molar-refractivity contribution in [2.75, 3.05) is 26.7 Å². The molecule has 150 valence electrons. The topological polar surface area (TPSA) is 74.8 Å². The Hall–Kier alpha value is -2.24. The maximum Gasteiger partial charge on any atom is 0.220 e. The minimum absolute atomic E-state index is 0.166. The van der Waals surface area contributed by atoms with Gasteiger partial charge in [-0.15, -0.1) is 0 Å². The van der Waals surface area contributed by atoms with E-state index >= 15 is 0 Å². The molecule has 0 spiro atoms. The summed E-state index contributed by atoms with van der Waals surface area (Å²) in [5, 5.41) is 9.52. The Kier molecular flexibility index (Phi) is 9.52. The van der Waals surface area contributed by atoms with Gasteiger partial charge in [-0.25, -0.2) is 4.99 Å². The second-order valence-corrected chi connectivity index (χ2v) is 6.99. The molecule has 6 nitrogen and oxygen atoms in total. The summed E-state index contributed by atoms with van der Waals surface area (Å²) in [6, 6.07) is 7.88. The number of ether oxygens (including phenoxy) is 1. The van der Waals surface area contributed by atoms with Crippen molar-refractivity contribution in [2.45, 2.75) is 52.0 Å². The number of hydrogen-bond acceptors (Lipinski definition) is 3. The number of guanidine groups is 1. The normalized spacial score (nSPS) is 15.3. The fourth-order valence-electron chi connectivity index (χ4n) is 3.45. The molecule has 1 aliphatic carbocycles. The minimum Gasteiger partial charge on any atom is -0.496 e. The van der Waals surface area contributed by atoms with E-state index in [-0.39, 0.29) is 5.91 Å². The molecule has 0 atom stereocenters. The number of methoxy groups -OCH3 is 1. The fraction of sp³-hybridized carbons (Fsp3) is 0.619. The van der Waals surface area contributed by atoms with Crippen molar-refractivity contribution in [3.05, 3.63) is 29.8 Å². The third-order valence-electron chi connectivity index (χ3n) is 4.88. The van der Waals surface area contributed by atoms with Crippen LogP contribution in [0.25, 0.3) is 0 Å². The molecule has 0 aliphatic heterocycles. The van der Waals surface area contributed by atoms with Crippen LogP contribution in [0.4, 0.5) is 0 Å². The van der Waals surface area contributed by atoms with Gasteiger partial charge in [-0.2, -0.15) is 0 Å². The maximum atomic E-state index is 12.1. The van der Waals surface area contributed by atoms with Crippen LogP contribution in [0, 0.1) is 5.92 Å². The van der Waals surface area contributed by atoms with Gasteiger partial charge in [0.2, 0.25) is 5.91 Å². The number of nitrogens with zero attached hydrogens (tertiary/aromatic N) is 1. The number of amides is 1. The van der Waals surface area contributed by atoms with Crippen molar-refractivity contribution in [3.63, 3.8) is 0 Å². The molecule has 3 N–H and O–H groups in total.